The van der Waals surface area contributed by atoms with Gasteiger partial charge in [-0.1, -0.05) is 49.8 Å². The fraction of sp³-hybridized carbons (Fsp3) is 0.429. The van der Waals surface area contributed by atoms with Crippen LogP contribution in [-0.2, 0) is 0 Å². The van der Waals surface area contributed by atoms with E-state index in [1.165, 1.54) is 16.7 Å². The topological polar surface area (TPSA) is 0 Å². The van der Waals surface area contributed by atoms with Crippen LogP contribution in [-0.4, -0.2) is 0 Å². The zero-order valence-corrected chi connectivity index (χ0v) is 8.80. The summed E-state index contributed by atoms with van der Waals surface area (Å²) >= 11 is 0. The number of allylic oxidation sites excluding steroid dienone is 1. The lowest BCUT2D eigenvalue weighted by Crippen LogP contribution is -1.94. The Morgan fingerprint density at radius 2 is 2.07 bits per heavy atom. The van der Waals surface area contributed by atoms with Gasteiger partial charge in [-0.3, -0.25) is 0 Å². The quantitative estimate of drug-likeness (QED) is 0.606. The fourth-order valence-corrected chi connectivity index (χ4v) is 1.62. The first-order valence-electron chi connectivity index (χ1n) is 4.80. The van der Waals surface area contributed by atoms with Crippen LogP contribution in [0.15, 0.2) is 36.4 Å². The molecule has 0 fully saturated rings. The molecule has 0 amide bonds. The lowest BCUT2D eigenvalue weighted by molar-refractivity contribution is 0.752. The van der Waals surface area contributed by atoms with Gasteiger partial charge < -0.3 is 0 Å². The summed E-state index contributed by atoms with van der Waals surface area (Å²) in [6.07, 6.45) is 1.09. The van der Waals surface area contributed by atoms with Crippen LogP contribution in [0.2, 0.25) is 0 Å². The fourth-order valence-electron chi connectivity index (χ4n) is 1.62. The number of rotatable bonds is 3. The maximum atomic E-state index is 3.94. The van der Waals surface area contributed by atoms with Gasteiger partial charge in [0.15, 0.2) is 0 Å². The first-order valence-corrected chi connectivity index (χ1v) is 4.80. The minimum absolute atomic E-state index is 0. The maximum Gasteiger partial charge on any atom is -0.0153 e. The van der Waals surface area contributed by atoms with Gasteiger partial charge in [-0.25, -0.2) is 0 Å². The highest BCUT2D eigenvalue weighted by Crippen LogP contribution is 2.22. The Morgan fingerprint density at radius 1 is 1.43 bits per heavy atom. The van der Waals surface area contributed by atoms with E-state index in [1.54, 1.807) is 0 Å². The lowest BCUT2D eigenvalue weighted by atomic mass is 9.94. The third kappa shape index (κ3) is 3.78. The normalized spacial score (nSPS) is 11.6. The van der Waals surface area contributed by atoms with E-state index in [2.05, 4.69) is 51.6 Å². The van der Waals surface area contributed by atoms with Gasteiger partial charge in [0.25, 0.3) is 0 Å². The van der Waals surface area contributed by atoms with Gasteiger partial charge >= 0.3 is 0 Å². The molecule has 1 rings (SSSR count). The van der Waals surface area contributed by atoms with Gasteiger partial charge in [0.05, 0.1) is 0 Å². The molecule has 0 aromatic heterocycles. The summed E-state index contributed by atoms with van der Waals surface area (Å²) in [5.74, 6) is 0.595. The first-order chi connectivity index (χ1) is 6.09. The molecule has 0 saturated heterocycles. The molecule has 0 aliphatic rings. The molecule has 0 aliphatic heterocycles. The van der Waals surface area contributed by atoms with Crippen LogP contribution < -0.4 is 0 Å². The van der Waals surface area contributed by atoms with Crippen molar-refractivity contribution in [3.63, 3.8) is 0 Å². The summed E-state index contributed by atoms with van der Waals surface area (Å²) < 4.78 is 0. The van der Waals surface area contributed by atoms with Crippen LogP contribution in [0.5, 0.6) is 0 Å². The van der Waals surface area contributed by atoms with E-state index in [0.29, 0.717) is 5.92 Å². The van der Waals surface area contributed by atoms with E-state index < -0.39 is 0 Å². The Kier molecular flexibility index (Phi) is 5.22. The van der Waals surface area contributed by atoms with Crippen molar-refractivity contribution in [1.82, 2.24) is 0 Å². The molecule has 0 saturated carbocycles. The van der Waals surface area contributed by atoms with Crippen LogP contribution >= 0.6 is 0 Å². The molecule has 1 unspecified atom stereocenters. The largest absolute Gasteiger partial charge is 0.100 e. The van der Waals surface area contributed by atoms with Crippen molar-refractivity contribution in [2.75, 3.05) is 0 Å². The Hall–Kier alpha value is -1.04. The molecule has 78 valence electrons. The van der Waals surface area contributed by atoms with Gasteiger partial charge in [0.1, 0.15) is 0 Å². The number of benzene rings is 1. The molecule has 0 bridgehead atoms. The predicted molar refractivity (Wildman–Crippen MR) is 65.8 cm³/mol. The second-order valence-electron chi connectivity index (χ2n) is 3.98. The van der Waals surface area contributed by atoms with Gasteiger partial charge in [0, 0.05) is 0 Å². The molecule has 14 heavy (non-hydrogen) atoms. The monoisotopic (exact) mass is 190 g/mol. The van der Waals surface area contributed by atoms with E-state index in [9.17, 15) is 0 Å². The number of aryl methyl sites for hydroxylation is 1. The number of hydrogen-bond acceptors (Lipinski definition) is 0. The molecule has 0 nitrogen and oxygen atoms in total. The van der Waals surface area contributed by atoms with Crippen molar-refractivity contribution in [1.29, 1.82) is 0 Å². The molecule has 0 heteroatoms. The standard InChI is InChI=1S/C13H18.CH4/c1-10(2)8-12(4)13-7-5-6-11(3)9-13;/h5-7,9,12H,1,8H2,2-4H3;1H4. The SMILES string of the molecule is C.C=C(C)CC(C)c1cccc(C)c1. The average Bonchev–Trinajstić information content (AvgIpc) is 2.03. The van der Waals surface area contributed by atoms with Crippen molar-refractivity contribution < 1.29 is 0 Å². The minimum Gasteiger partial charge on any atom is -0.100 e. The lowest BCUT2D eigenvalue weighted by Gasteiger charge is -2.11. The van der Waals surface area contributed by atoms with Crippen molar-refractivity contribution in [2.45, 2.75) is 40.5 Å². The van der Waals surface area contributed by atoms with Gasteiger partial charge in [0.2, 0.25) is 0 Å². The first kappa shape index (κ1) is 13.0. The van der Waals surface area contributed by atoms with E-state index >= 15 is 0 Å². The van der Waals surface area contributed by atoms with E-state index in [4.69, 9.17) is 0 Å². The molecule has 0 radical (unpaired) electrons. The van der Waals surface area contributed by atoms with E-state index in [1.807, 2.05) is 0 Å². The highest BCUT2D eigenvalue weighted by molar-refractivity contribution is 5.25. The summed E-state index contributed by atoms with van der Waals surface area (Å²) in [5.41, 5.74) is 4.02. The van der Waals surface area contributed by atoms with Crippen molar-refractivity contribution in [3.8, 4) is 0 Å². The zero-order valence-electron chi connectivity index (χ0n) is 8.80. The second-order valence-corrected chi connectivity index (χ2v) is 3.98. The third-order valence-corrected chi connectivity index (χ3v) is 2.27. The van der Waals surface area contributed by atoms with Crippen molar-refractivity contribution >= 4 is 0 Å². The Labute approximate surface area is 88.7 Å². The minimum atomic E-state index is 0. The van der Waals surface area contributed by atoms with Crippen molar-refractivity contribution in [2.24, 2.45) is 0 Å². The van der Waals surface area contributed by atoms with Crippen LogP contribution in [0.25, 0.3) is 0 Å². The molecule has 1 aromatic rings. The summed E-state index contributed by atoms with van der Waals surface area (Å²) in [4.78, 5) is 0. The predicted octanol–water partition coefficient (Wildman–Crippen LogP) is 4.70. The van der Waals surface area contributed by atoms with Gasteiger partial charge in [-0.15, -0.1) is 6.58 Å². The molecule has 0 heterocycles. The molecular weight excluding hydrogens is 168 g/mol. The molecule has 1 aromatic carbocycles. The van der Waals surface area contributed by atoms with Crippen LogP contribution in [0.1, 0.15) is 44.7 Å². The maximum absolute atomic E-state index is 3.94. The summed E-state index contributed by atoms with van der Waals surface area (Å²) in [7, 11) is 0. The Balaban J connectivity index is 0.00000169. The van der Waals surface area contributed by atoms with Gasteiger partial charge in [-0.2, -0.15) is 0 Å². The Bertz CT molecular complexity index is 297. The second kappa shape index (κ2) is 5.64. The number of hydrogen-bond donors (Lipinski definition) is 0. The van der Waals surface area contributed by atoms with E-state index in [0.717, 1.165) is 6.42 Å². The molecular formula is C14H22. The average molecular weight is 190 g/mol. The Morgan fingerprint density at radius 3 is 2.57 bits per heavy atom. The molecule has 1 atom stereocenters. The highest BCUT2D eigenvalue weighted by atomic mass is 14.1. The molecule has 0 N–H and O–H groups in total. The third-order valence-electron chi connectivity index (χ3n) is 2.27. The van der Waals surface area contributed by atoms with Crippen LogP contribution in [0.3, 0.4) is 0 Å². The van der Waals surface area contributed by atoms with Crippen LogP contribution in [0.4, 0.5) is 0 Å². The van der Waals surface area contributed by atoms with Gasteiger partial charge in [-0.05, 0) is 31.7 Å². The van der Waals surface area contributed by atoms with Crippen molar-refractivity contribution in [3.05, 3.63) is 47.5 Å². The zero-order chi connectivity index (χ0) is 9.84. The summed E-state index contributed by atoms with van der Waals surface area (Å²) in [5, 5.41) is 0. The highest BCUT2D eigenvalue weighted by Gasteiger charge is 2.04. The smallest absolute Gasteiger partial charge is 0.0153 e. The van der Waals surface area contributed by atoms with Crippen LogP contribution in [0, 0.1) is 6.92 Å². The molecule has 0 spiro atoms. The van der Waals surface area contributed by atoms with E-state index in [-0.39, 0.29) is 7.43 Å². The molecule has 0 aliphatic carbocycles. The summed E-state index contributed by atoms with van der Waals surface area (Å²) in [6.45, 7) is 10.4. The summed E-state index contributed by atoms with van der Waals surface area (Å²) in [6, 6.07) is 8.71.